The average Bonchev–Trinajstić information content (AvgIpc) is 3.40. The molecule has 11 atom stereocenters. The molecule has 1 aliphatic carbocycles. The molecular weight excluding hydrogens is 432 g/mol. The molecule has 0 bridgehead atoms. The Morgan fingerprint density at radius 1 is 1.18 bits per heavy atom. The van der Waals surface area contributed by atoms with E-state index in [-0.39, 0.29) is 18.9 Å². The van der Waals surface area contributed by atoms with E-state index >= 15 is 0 Å². The smallest absolute Gasteiger partial charge is 0.305 e. The molecule has 1 saturated heterocycles. The molecule has 6 nitrogen and oxygen atoms in total. The van der Waals surface area contributed by atoms with Crippen molar-refractivity contribution in [3.63, 3.8) is 0 Å². The van der Waals surface area contributed by atoms with Crippen molar-refractivity contribution in [2.45, 2.75) is 103 Å². The van der Waals surface area contributed by atoms with Crippen molar-refractivity contribution in [3.8, 4) is 0 Å². The van der Waals surface area contributed by atoms with E-state index in [9.17, 15) is 15.0 Å². The van der Waals surface area contributed by atoms with Crippen LogP contribution in [0.1, 0.15) is 66.7 Å². The number of rotatable bonds is 10. The first kappa shape index (κ1) is 27.1. The van der Waals surface area contributed by atoms with Gasteiger partial charge in [0.05, 0.1) is 30.8 Å². The molecule has 0 aromatic carbocycles. The Hall–Kier alpha value is -1.47. The lowest BCUT2D eigenvalue weighted by Crippen LogP contribution is -2.47. The molecule has 3 aliphatic rings. The van der Waals surface area contributed by atoms with E-state index in [0.717, 1.165) is 19.3 Å². The summed E-state index contributed by atoms with van der Waals surface area (Å²) in [5, 5.41) is 29.4. The first-order valence-corrected chi connectivity index (χ1v) is 13.0. The second-order valence-electron chi connectivity index (χ2n) is 10.8. The van der Waals surface area contributed by atoms with Crippen LogP contribution in [0, 0.1) is 29.6 Å². The van der Waals surface area contributed by atoms with Gasteiger partial charge in [0.2, 0.25) is 0 Å². The largest absolute Gasteiger partial charge is 0.481 e. The molecule has 192 valence electrons. The predicted octanol–water partition coefficient (Wildman–Crippen LogP) is 4.51. The van der Waals surface area contributed by atoms with Gasteiger partial charge in [-0.25, -0.2) is 0 Å². The molecule has 0 amide bonds. The second-order valence-corrected chi connectivity index (χ2v) is 10.8. The summed E-state index contributed by atoms with van der Waals surface area (Å²) in [5.41, 5.74) is 1.36. The van der Waals surface area contributed by atoms with Gasteiger partial charge in [0.1, 0.15) is 12.2 Å². The van der Waals surface area contributed by atoms with Gasteiger partial charge in [0.15, 0.2) is 0 Å². The zero-order valence-electron chi connectivity index (χ0n) is 21.3. The normalized spacial score (nSPS) is 40.3. The van der Waals surface area contributed by atoms with Crippen LogP contribution in [0.2, 0.25) is 0 Å². The highest BCUT2D eigenvalue weighted by Crippen LogP contribution is 2.48. The zero-order valence-corrected chi connectivity index (χ0v) is 21.3. The molecule has 3 rings (SSSR count). The summed E-state index contributed by atoms with van der Waals surface area (Å²) >= 11 is 0. The minimum absolute atomic E-state index is 0.139. The number of allylic oxidation sites excluding steroid dienone is 3. The number of ether oxygens (including phenoxy) is 2. The SMILES string of the molecule is CC[C@H]1O[C@@H](C(C)C[C@H](C)C=C[C@H]2[C@@H](C)[C@@H]2C=C[C@@H]2O[C@H](CC(=O)O)CC(O)[C@H]2O)CC=C1C. The van der Waals surface area contributed by atoms with E-state index in [4.69, 9.17) is 14.6 Å². The number of aliphatic carboxylic acids is 1. The van der Waals surface area contributed by atoms with E-state index in [1.54, 1.807) is 0 Å². The number of carboxylic acids is 1. The van der Waals surface area contributed by atoms with Crippen molar-refractivity contribution in [1.29, 1.82) is 0 Å². The van der Waals surface area contributed by atoms with Gasteiger partial charge in [0.25, 0.3) is 0 Å². The molecule has 2 fully saturated rings. The van der Waals surface area contributed by atoms with Gasteiger partial charge in [-0.1, -0.05) is 58.1 Å². The van der Waals surface area contributed by atoms with Crippen LogP contribution in [-0.2, 0) is 14.3 Å². The van der Waals surface area contributed by atoms with E-state index in [0.29, 0.717) is 35.7 Å². The lowest BCUT2D eigenvalue weighted by Gasteiger charge is -2.35. The minimum Gasteiger partial charge on any atom is -0.481 e. The Morgan fingerprint density at radius 2 is 1.88 bits per heavy atom. The maximum absolute atomic E-state index is 11.0. The van der Waals surface area contributed by atoms with E-state index in [2.05, 4.69) is 58.9 Å². The van der Waals surface area contributed by atoms with Crippen LogP contribution in [-0.4, -0.2) is 57.9 Å². The van der Waals surface area contributed by atoms with E-state index < -0.39 is 30.4 Å². The van der Waals surface area contributed by atoms with Crippen molar-refractivity contribution in [2.24, 2.45) is 29.6 Å². The van der Waals surface area contributed by atoms with Gasteiger partial charge in [-0.2, -0.15) is 0 Å². The predicted molar refractivity (Wildman–Crippen MR) is 132 cm³/mol. The Balaban J connectivity index is 1.48. The molecule has 0 aromatic rings. The van der Waals surface area contributed by atoms with Crippen molar-refractivity contribution in [2.75, 3.05) is 0 Å². The Morgan fingerprint density at radius 3 is 2.56 bits per heavy atom. The van der Waals surface area contributed by atoms with Crippen molar-refractivity contribution < 1.29 is 29.6 Å². The summed E-state index contributed by atoms with van der Waals surface area (Å²) in [6, 6.07) is 0. The summed E-state index contributed by atoms with van der Waals surface area (Å²) in [4.78, 5) is 11.0. The third-order valence-corrected chi connectivity index (χ3v) is 7.96. The first-order valence-electron chi connectivity index (χ1n) is 13.0. The molecular formula is C28H44O6. The van der Waals surface area contributed by atoms with Gasteiger partial charge in [-0.3, -0.25) is 4.79 Å². The third-order valence-electron chi connectivity index (χ3n) is 7.96. The quantitative estimate of drug-likeness (QED) is 0.402. The standard InChI is InChI=1S/C28H44O6/c1-6-24-17(3)8-11-25(34-24)18(4)13-16(2)7-9-21-19(5)22(21)10-12-26-28(32)23(29)14-20(33-26)15-27(30)31/h7-10,12,16,18-26,28-29,32H,6,11,13-15H2,1-5H3,(H,30,31)/t16-,18?,19-,20+,21+,22+,23?,24-,25-,26+,28-/m1/s1. The van der Waals surface area contributed by atoms with Gasteiger partial charge in [0, 0.05) is 6.42 Å². The van der Waals surface area contributed by atoms with Gasteiger partial charge >= 0.3 is 5.97 Å². The number of hydrogen-bond donors (Lipinski definition) is 3. The highest BCUT2D eigenvalue weighted by atomic mass is 16.5. The Bertz CT molecular complexity index is 773. The van der Waals surface area contributed by atoms with Crippen LogP contribution < -0.4 is 0 Å². The van der Waals surface area contributed by atoms with E-state index in [1.807, 2.05) is 6.08 Å². The van der Waals surface area contributed by atoms with Crippen molar-refractivity contribution in [1.82, 2.24) is 0 Å². The summed E-state index contributed by atoms with van der Waals surface area (Å²) in [7, 11) is 0. The van der Waals surface area contributed by atoms with E-state index in [1.165, 1.54) is 5.57 Å². The summed E-state index contributed by atoms with van der Waals surface area (Å²) < 4.78 is 12.1. The lowest BCUT2D eigenvalue weighted by atomic mass is 9.88. The van der Waals surface area contributed by atoms with Crippen LogP contribution in [0.25, 0.3) is 0 Å². The van der Waals surface area contributed by atoms with Gasteiger partial charge < -0.3 is 24.8 Å². The molecule has 1 saturated carbocycles. The van der Waals surface area contributed by atoms with Crippen LogP contribution in [0.15, 0.2) is 36.0 Å². The highest BCUT2D eigenvalue weighted by molar-refractivity contribution is 5.67. The fraction of sp³-hybridized carbons (Fsp3) is 0.750. The third kappa shape index (κ3) is 7.03. The lowest BCUT2D eigenvalue weighted by molar-refractivity contribution is -0.163. The fourth-order valence-corrected chi connectivity index (χ4v) is 5.57. The molecule has 34 heavy (non-hydrogen) atoms. The number of carbonyl (C=O) groups is 1. The molecule has 0 aromatic heterocycles. The van der Waals surface area contributed by atoms with Crippen LogP contribution in [0.3, 0.4) is 0 Å². The number of hydrogen-bond acceptors (Lipinski definition) is 5. The minimum atomic E-state index is -1.03. The number of aliphatic hydroxyl groups is 2. The molecule has 2 heterocycles. The van der Waals surface area contributed by atoms with Gasteiger partial charge in [-0.05, 0) is 61.3 Å². The Labute approximate surface area is 204 Å². The van der Waals surface area contributed by atoms with Crippen molar-refractivity contribution in [3.05, 3.63) is 36.0 Å². The number of aliphatic hydroxyl groups excluding tert-OH is 2. The zero-order chi connectivity index (χ0) is 25.0. The highest BCUT2D eigenvalue weighted by Gasteiger charge is 2.43. The van der Waals surface area contributed by atoms with Crippen LogP contribution in [0.5, 0.6) is 0 Å². The maximum Gasteiger partial charge on any atom is 0.305 e. The van der Waals surface area contributed by atoms with Gasteiger partial charge in [-0.15, -0.1) is 0 Å². The Kier molecular flexibility index (Phi) is 9.56. The fourth-order valence-electron chi connectivity index (χ4n) is 5.57. The average molecular weight is 477 g/mol. The van der Waals surface area contributed by atoms with Crippen LogP contribution >= 0.6 is 0 Å². The topological polar surface area (TPSA) is 96.2 Å². The van der Waals surface area contributed by atoms with Crippen LogP contribution in [0.4, 0.5) is 0 Å². The molecule has 0 spiro atoms. The second kappa shape index (κ2) is 12.0. The molecule has 6 heteroatoms. The molecule has 0 radical (unpaired) electrons. The summed E-state index contributed by atoms with van der Waals surface area (Å²) in [6.45, 7) is 11.1. The molecule has 3 N–H and O–H groups in total. The molecule has 2 unspecified atom stereocenters. The number of carboxylic acid groups (broad SMARTS) is 1. The summed E-state index contributed by atoms with van der Waals surface area (Å²) in [5.74, 6) is 1.34. The first-order chi connectivity index (χ1) is 16.1. The molecule has 2 aliphatic heterocycles. The monoisotopic (exact) mass is 476 g/mol. The summed E-state index contributed by atoms with van der Waals surface area (Å²) in [6.07, 6.45) is 11.2. The van der Waals surface area contributed by atoms with Crippen molar-refractivity contribution >= 4 is 5.97 Å². The maximum atomic E-state index is 11.0.